The third-order valence-corrected chi connectivity index (χ3v) is 3.90. The van der Waals surface area contributed by atoms with Crippen LogP contribution in [0.3, 0.4) is 0 Å². The van der Waals surface area contributed by atoms with Crippen molar-refractivity contribution in [1.29, 1.82) is 0 Å². The molecule has 18 heavy (non-hydrogen) atoms. The second kappa shape index (κ2) is 7.12. The molecule has 0 bridgehead atoms. The van der Waals surface area contributed by atoms with Gasteiger partial charge in [-0.2, -0.15) is 0 Å². The summed E-state index contributed by atoms with van der Waals surface area (Å²) in [5.74, 6) is 0.868. The smallest absolute Gasteiger partial charge is 0.133 e. The average molecular weight is 315 g/mol. The Balaban J connectivity index is 2.61. The Labute approximate surface area is 119 Å². The van der Waals surface area contributed by atoms with Crippen molar-refractivity contribution in [2.24, 2.45) is 0 Å². The average Bonchev–Trinajstić information content (AvgIpc) is 2.35. The third kappa shape index (κ3) is 4.26. The van der Waals surface area contributed by atoms with Crippen molar-refractivity contribution in [2.75, 3.05) is 27.7 Å². The van der Waals surface area contributed by atoms with E-state index in [0.717, 1.165) is 16.8 Å². The minimum Gasteiger partial charge on any atom is -0.496 e. The summed E-state index contributed by atoms with van der Waals surface area (Å²) in [5.41, 5.74) is 1.26. The van der Waals surface area contributed by atoms with Crippen LogP contribution in [0.4, 0.5) is 0 Å². The molecule has 2 atom stereocenters. The van der Waals surface area contributed by atoms with Gasteiger partial charge < -0.3 is 15.0 Å². The first-order chi connectivity index (χ1) is 8.45. The van der Waals surface area contributed by atoms with Gasteiger partial charge in [0.15, 0.2) is 0 Å². The van der Waals surface area contributed by atoms with Crippen LogP contribution in [0.1, 0.15) is 25.5 Å². The molecule has 0 spiro atoms. The Morgan fingerprint density at radius 3 is 2.50 bits per heavy atom. The molecular weight excluding hydrogens is 292 g/mol. The Morgan fingerprint density at radius 1 is 1.33 bits per heavy atom. The summed E-state index contributed by atoms with van der Waals surface area (Å²) in [7, 11) is 5.88. The van der Waals surface area contributed by atoms with Gasteiger partial charge >= 0.3 is 0 Å². The minimum absolute atomic E-state index is 0.328. The van der Waals surface area contributed by atoms with Gasteiger partial charge in [0.25, 0.3) is 0 Å². The Hall–Kier alpha value is -0.580. The van der Waals surface area contributed by atoms with E-state index in [9.17, 15) is 0 Å². The van der Waals surface area contributed by atoms with Gasteiger partial charge in [0.1, 0.15) is 5.75 Å². The van der Waals surface area contributed by atoms with Gasteiger partial charge in [0, 0.05) is 18.6 Å². The van der Waals surface area contributed by atoms with Crippen molar-refractivity contribution >= 4 is 15.9 Å². The second-order valence-corrected chi connectivity index (χ2v) is 5.69. The van der Waals surface area contributed by atoms with Gasteiger partial charge in [-0.25, -0.2) is 0 Å². The first-order valence-electron chi connectivity index (χ1n) is 6.19. The molecule has 1 N–H and O–H groups in total. The zero-order valence-electron chi connectivity index (χ0n) is 11.8. The van der Waals surface area contributed by atoms with Gasteiger partial charge in [-0.1, -0.05) is 6.07 Å². The fourth-order valence-electron chi connectivity index (χ4n) is 1.60. The summed E-state index contributed by atoms with van der Waals surface area (Å²) < 4.78 is 6.23. The molecule has 0 radical (unpaired) electrons. The maximum atomic E-state index is 5.24. The quantitative estimate of drug-likeness (QED) is 0.873. The summed E-state index contributed by atoms with van der Waals surface area (Å²) in [6, 6.07) is 7.05. The van der Waals surface area contributed by atoms with E-state index in [1.807, 2.05) is 6.07 Å². The number of hydrogen-bond acceptors (Lipinski definition) is 3. The maximum absolute atomic E-state index is 5.24. The molecule has 0 amide bonds. The molecule has 0 aliphatic carbocycles. The molecule has 0 saturated carbocycles. The van der Waals surface area contributed by atoms with Crippen LogP contribution in [0, 0.1) is 0 Å². The zero-order valence-corrected chi connectivity index (χ0v) is 13.4. The van der Waals surface area contributed by atoms with E-state index in [-0.39, 0.29) is 0 Å². The van der Waals surface area contributed by atoms with Gasteiger partial charge in [0.2, 0.25) is 0 Å². The number of methoxy groups -OCH3 is 1. The lowest BCUT2D eigenvalue weighted by molar-refractivity contribution is 0.295. The van der Waals surface area contributed by atoms with E-state index in [0.29, 0.717) is 12.1 Å². The summed E-state index contributed by atoms with van der Waals surface area (Å²) in [4.78, 5) is 2.21. The second-order valence-electron chi connectivity index (χ2n) is 4.84. The van der Waals surface area contributed by atoms with Gasteiger partial charge in [-0.15, -0.1) is 0 Å². The number of halogens is 1. The highest BCUT2D eigenvalue weighted by Crippen LogP contribution is 2.27. The van der Waals surface area contributed by atoms with E-state index < -0.39 is 0 Å². The van der Waals surface area contributed by atoms with Crippen LogP contribution in [0.25, 0.3) is 0 Å². The molecule has 0 aromatic heterocycles. The minimum atomic E-state index is 0.328. The number of likely N-dealkylation sites (N-methyl/N-ethyl adjacent to an activating group) is 1. The molecule has 0 heterocycles. The normalized spacial score (nSPS) is 14.6. The highest BCUT2D eigenvalue weighted by Gasteiger charge is 2.10. The third-order valence-electron chi connectivity index (χ3n) is 3.28. The lowest BCUT2D eigenvalue weighted by Gasteiger charge is -2.23. The highest BCUT2D eigenvalue weighted by molar-refractivity contribution is 9.10. The fraction of sp³-hybridized carbons (Fsp3) is 0.571. The lowest BCUT2D eigenvalue weighted by atomic mass is 10.1. The predicted molar refractivity (Wildman–Crippen MR) is 80.3 cm³/mol. The number of hydrogen-bond donors (Lipinski definition) is 1. The molecule has 1 aromatic carbocycles. The largest absolute Gasteiger partial charge is 0.496 e. The predicted octanol–water partition coefficient (Wildman–Crippen LogP) is 3.06. The fourth-order valence-corrected chi connectivity index (χ4v) is 2.16. The first-order valence-corrected chi connectivity index (χ1v) is 6.98. The van der Waals surface area contributed by atoms with Crippen LogP contribution in [0.5, 0.6) is 5.75 Å². The van der Waals surface area contributed by atoms with Crippen molar-refractivity contribution in [3.05, 3.63) is 28.2 Å². The summed E-state index contributed by atoms with van der Waals surface area (Å²) in [6.07, 6.45) is 0. The SMILES string of the molecule is COc1ccc(C(C)NCC(C)N(C)C)cc1Br. The lowest BCUT2D eigenvalue weighted by Crippen LogP contribution is -2.36. The molecule has 1 aromatic rings. The van der Waals surface area contributed by atoms with Gasteiger partial charge in [0.05, 0.1) is 11.6 Å². The van der Waals surface area contributed by atoms with Gasteiger partial charge in [-0.3, -0.25) is 0 Å². The highest BCUT2D eigenvalue weighted by atomic mass is 79.9. The molecular formula is C14H23BrN2O. The number of benzene rings is 1. The standard InChI is InChI=1S/C14H23BrN2O/c1-10(17(3)4)9-16-11(2)12-6-7-14(18-5)13(15)8-12/h6-8,10-11,16H,9H2,1-5H3. The van der Waals surface area contributed by atoms with Crippen molar-refractivity contribution < 1.29 is 4.74 Å². The van der Waals surface area contributed by atoms with Crippen molar-refractivity contribution in [3.63, 3.8) is 0 Å². The zero-order chi connectivity index (χ0) is 13.7. The van der Waals surface area contributed by atoms with E-state index in [1.165, 1.54) is 5.56 Å². The van der Waals surface area contributed by atoms with Crippen molar-refractivity contribution in [1.82, 2.24) is 10.2 Å². The first kappa shape index (κ1) is 15.5. The molecule has 4 heteroatoms. The molecule has 0 aliphatic heterocycles. The molecule has 3 nitrogen and oxygen atoms in total. The van der Waals surface area contributed by atoms with E-state index in [4.69, 9.17) is 4.74 Å². The summed E-state index contributed by atoms with van der Waals surface area (Å²) >= 11 is 3.52. The summed E-state index contributed by atoms with van der Waals surface area (Å²) in [6.45, 7) is 5.36. The topological polar surface area (TPSA) is 24.5 Å². The van der Waals surface area contributed by atoms with Crippen LogP contribution < -0.4 is 10.1 Å². The summed E-state index contributed by atoms with van der Waals surface area (Å²) in [5, 5.41) is 3.54. The number of nitrogens with zero attached hydrogens (tertiary/aromatic N) is 1. The van der Waals surface area contributed by atoms with Crippen LogP contribution >= 0.6 is 15.9 Å². The monoisotopic (exact) mass is 314 g/mol. The van der Waals surface area contributed by atoms with E-state index in [1.54, 1.807) is 7.11 Å². The van der Waals surface area contributed by atoms with Crippen molar-refractivity contribution in [2.45, 2.75) is 25.9 Å². The van der Waals surface area contributed by atoms with Crippen molar-refractivity contribution in [3.8, 4) is 5.75 Å². The van der Waals surface area contributed by atoms with Crippen LogP contribution in [0.2, 0.25) is 0 Å². The Kier molecular flexibility index (Phi) is 6.12. The van der Waals surface area contributed by atoms with Crippen LogP contribution in [-0.4, -0.2) is 38.7 Å². The molecule has 0 aliphatic rings. The molecule has 0 fully saturated rings. The van der Waals surface area contributed by atoms with E-state index >= 15 is 0 Å². The number of rotatable bonds is 6. The Morgan fingerprint density at radius 2 is 2.00 bits per heavy atom. The Bertz CT molecular complexity index is 382. The van der Waals surface area contributed by atoms with Gasteiger partial charge in [-0.05, 0) is 61.6 Å². The van der Waals surface area contributed by atoms with E-state index in [2.05, 4.69) is 66.2 Å². The van der Waals surface area contributed by atoms with Crippen LogP contribution in [0.15, 0.2) is 22.7 Å². The molecule has 0 saturated heterocycles. The molecule has 2 unspecified atom stereocenters. The maximum Gasteiger partial charge on any atom is 0.133 e. The van der Waals surface area contributed by atoms with Crippen LogP contribution in [-0.2, 0) is 0 Å². The number of nitrogens with one attached hydrogen (secondary N) is 1. The molecule has 1 rings (SSSR count). The molecule has 102 valence electrons. The number of ether oxygens (including phenoxy) is 1.